The third kappa shape index (κ3) is 1.93. The fourth-order valence-corrected chi connectivity index (χ4v) is 1.14. The van der Waals surface area contributed by atoms with Gasteiger partial charge in [-0.2, -0.15) is 0 Å². The van der Waals surface area contributed by atoms with Gasteiger partial charge < -0.3 is 0 Å². The number of aromatic nitrogens is 1. The lowest BCUT2D eigenvalue weighted by atomic mass is 10.4. The first kappa shape index (κ1) is 6.42. The highest BCUT2D eigenvalue weighted by atomic mass is 32.1. The van der Waals surface area contributed by atoms with Gasteiger partial charge in [-0.1, -0.05) is 6.58 Å². The highest BCUT2D eigenvalue weighted by molar-refractivity contribution is 7.09. The SMILES string of the molecule is C=C(F)Cc1nccs1. The van der Waals surface area contributed by atoms with Crippen LogP contribution in [0.5, 0.6) is 0 Å². The summed E-state index contributed by atoms with van der Waals surface area (Å²) < 4.78 is 12.0. The lowest BCUT2D eigenvalue weighted by Crippen LogP contribution is -1.79. The Morgan fingerprint density at radius 2 is 2.67 bits per heavy atom. The summed E-state index contributed by atoms with van der Waals surface area (Å²) >= 11 is 1.44. The summed E-state index contributed by atoms with van der Waals surface area (Å²) in [7, 11) is 0. The Bertz CT molecular complexity index is 193. The molecule has 0 amide bonds. The van der Waals surface area contributed by atoms with E-state index < -0.39 is 0 Å². The number of allylic oxidation sites excluding steroid dienone is 1. The standard InChI is InChI=1S/C6H6FNS/c1-5(7)4-6-8-2-3-9-6/h2-3H,1,4H2. The van der Waals surface area contributed by atoms with Crippen molar-refractivity contribution in [1.82, 2.24) is 4.98 Å². The van der Waals surface area contributed by atoms with Crippen molar-refractivity contribution in [1.29, 1.82) is 0 Å². The monoisotopic (exact) mass is 143 g/mol. The Balaban J connectivity index is 2.58. The van der Waals surface area contributed by atoms with Gasteiger partial charge in [0.05, 0.1) is 17.3 Å². The molecule has 0 aliphatic carbocycles. The third-order valence-corrected chi connectivity index (χ3v) is 1.61. The molecule has 0 spiro atoms. The molecule has 0 saturated carbocycles. The Hall–Kier alpha value is -0.700. The maximum Gasteiger partial charge on any atom is 0.0996 e. The smallest absolute Gasteiger partial charge is 0.0996 e. The molecular formula is C6H6FNS. The van der Waals surface area contributed by atoms with Gasteiger partial charge in [0, 0.05) is 11.6 Å². The first-order valence-corrected chi connectivity index (χ1v) is 3.38. The molecule has 0 bridgehead atoms. The van der Waals surface area contributed by atoms with Crippen LogP contribution in [0.1, 0.15) is 5.01 Å². The molecule has 9 heavy (non-hydrogen) atoms. The Morgan fingerprint density at radius 1 is 1.89 bits per heavy atom. The van der Waals surface area contributed by atoms with Gasteiger partial charge in [-0.25, -0.2) is 9.37 Å². The minimum Gasteiger partial charge on any atom is -0.249 e. The van der Waals surface area contributed by atoms with Crippen molar-refractivity contribution < 1.29 is 4.39 Å². The molecular weight excluding hydrogens is 137 g/mol. The predicted molar refractivity (Wildman–Crippen MR) is 36.1 cm³/mol. The van der Waals surface area contributed by atoms with Crippen LogP contribution in [0.15, 0.2) is 24.0 Å². The minimum absolute atomic E-state index is 0.262. The van der Waals surface area contributed by atoms with Gasteiger partial charge in [0.2, 0.25) is 0 Å². The van der Waals surface area contributed by atoms with Crippen LogP contribution in [-0.4, -0.2) is 4.98 Å². The van der Waals surface area contributed by atoms with E-state index in [0.29, 0.717) is 0 Å². The number of nitrogens with zero attached hydrogens (tertiary/aromatic N) is 1. The topological polar surface area (TPSA) is 12.9 Å². The molecule has 48 valence electrons. The summed E-state index contributed by atoms with van der Waals surface area (Å²) in [4.78, 5) is 3.87. The van der Waals surface area contributed by atoms with Crippen molar-refractivity contribution in [2.75, 3.05) is 0 Å². The van der Waals surface area contributed by atoms with Gasteiger partial charge in [-0.05, 0) is 0 Å². The number of halogens is 1. The van der Waals surface area contributed by atoms with Crippen molar-refractivity contribution in [3.05, 3.63) is 29.0 Å². The highest BCUT2D eigenvalue weighted by Crippen LogP contribution is 2.09. The van der Waals surface area contributed by atoms with Crippen LogP contribution in [0.4, 0.5) is 4.39 Å². The predicted octanol–water partition coefficient (Wildman–Crippen LogP) is 2.17. The lowest BCUT2D eigenvalue weighted by Gasteiger charge is -1.86. The number of hydrogen-bond donors (Lipinski definition) is 0. The molecule has 1 rings (SSSR count). The van der Waals surface area contributed by atoms with Gasteiger partial charge >= 0.3 is 0 Å². The molecule has 0 unspecified atom stereocenters. The van der Waals surface area contributed by atoms with Crippen LogP contribution in [0.3, 0.4) is 0 Å². The molecule has 0 N–H and O–H groups in total. The number of rotatable bonds is 2. The highest BCUT2D eigenvalue weighted by Gasteiger charge is 1.95. The van der Waals surface area contributed by atoms with Gasteiger partial charge in [-0.3, -0.25) is 0 Å². The van der Waals surface area contributed by atoms with Crippen molar-refractivity contribution in [2.45, 2.75) is 6.42 Å². The molecule has 0 saturated heterocycles. The van der Waals surface area contributed by atoms with E-state index in [-0.39, 0.29) is 12.2 Å². The van der Waals surface area contributed by atoms with Crippen LogP contribution in [0.2, 0.25) is 0 Å². The summed E-state index contributed by atoms with van der Waals surface area (Å²) in [5, 5.41) is 2.60. The number of hydrogen-bond acceptors (Lipinski definition) is 2. The molecule has 0 radical (unpaired) electrons. The van der Waals surface area contributed by atoms with E-state index in [1.807, 2.05) is 5.38 Å². The normalized spacial score (nSPS) is 9.44. The van der Waals surface area contributed by atoms with E-state index in [1.54, 1.807) is 6.20 Å². The van der Waals surface area contributed by atoms with Crippen LogP contribution < -0.4 is 0 Å². The van der Waals surface area contributed by atoms with Crippen molar-refractivity contribution in [3.8, 4) is 0 Å². The molecule has 1 aromatic heterocycles. The van der Waals surface area contributed by atoms with Crippen molar-refractivity contribution >= 4 is 11.3 Å². The van der Waals surface area contributed by atoms with E-state index in [2.05, 4.69) is 11.6 Å². The molecule has 1 aromatic rings. The molecule has 3 heteroatoms. The summed E-state index contributed by atoms with van der Waals surface area (Å²) in [6, 6.07) is 0. The van der Waals surface area contributed by atoms with E-state index in [4.69, 9.17) is 0 Å². The first-order valence-electron chi connectivity index (χ1n) is 2.50. The largest absolute Gasteiger partial charge is 0.249 e. The fraction of sp³-hybridized carbons (Fsp3) is 0.167. The average molecular weight is 143 g/mol. The third-order valence-electron chi connectivity index (χ3n) is 0.827. The zero-order valence-corrected chi connectivity index (χ0v) is 5.62. The molecule has 0 fully saturated rings. The summed E-state index contributed by atoms with van der Waals surface area (Å²) in [5.41, 5.74) is 0. The van der Waals surface area contributed by atoms with E-state index in [1.165, 1.54) is 11.3 Å². The number of thiazole rings is 1. The maximum atomic E-state index is 12.0. The Labute approximate surface area is 56.9 Å². The molecule has 1 heterocycles. The lowest BCUT2D eigenvalue weighted by molar-refractivity contribution is 0.616. The fourth-order valence-electron chi connectivity index (χ4n) is 0.504. The summed E-state index contributed by atoms with van der Waals surface area (Å²) in [6.07, 6.45) is 1.92. The molecule has 1 nitrogen and oxygen atoms in total. The van der Waals surface area contributed by atoms with Gasteiger partial charge in [0.15, 0.2) is 0 Å². The molecule has 0 aromatic carbocycles. The van der Waals surface area contributed by atoms with Crippen molar-refractivity contribution in [2.24, 2.45) is 0 Å². The Kier molecular flexibility index (Phi) is 1.95. The van der Waals surface area contributed by atoms with E-state index in [9.17, 15) is 4.39 Å². The molecule has 0 atom stereocenters. The van der Waals surface area contributed by atoms with Crippen LogP contribution >= 0.6 is 11.3 Å². The zero-order chi connectivity index (χ0) is 6.69. The Morgan fingerprint density at radius 3 is 3.11 bits per heavy atom. The second-order valence-electron chi connectivity index (χ2n) is 1.62. The summed E-state index contributed by atoms with van der Waals surface area (Å²) in [6.45, 7) is 3.13. The van der Waals surface area contributed by atoms with Crippen LogP contribution in [-0.2, 0) is 6.42 Å². The van der Waals surface area contributed by atoms with Gasteiger partial charge in [0.1, 0.15) is 0 Å². The summed E-state index contributed by atoms with van der Waals surface area (Å²) in [5.74, 6) is -0.329. The second-order valence-corrected chi connectivity index (χ2v) is 2.60. The van der Waals surface area contributed by atoms with Crippen LogP contribution in [0, 0.1) is 0 Å². The van der Waals surface area contributed by atoms with Gasteiger partial charge in [-0.15, -0.1) is 11.3 Å². The minimum atomic E-state index is -0.329. The van der Waals surface area contributed by atoms with E-state index >= 15 is 0 Å². The maximum absolute atomic E-state index is 12.0. The van der Waals surface area contributed by atoms with Crippen LogP contribution in [0.25, 0.3) is 0 Å². The second kappa shape index (κ2) is 2.73. The van der Waals surface area contributed by atoms with Crippen molar-refractivity contribution in [3.63, 3.8) is 0 Å². The molecule has 0 aliphatic rings. The quantitative estimate of drug-likeness (QED) is 0.618. The zero-order valence-electron chi connectivity index (χ0n) is 4.80. The first-order chi connectivity index (χ1) is 4.29. The molecule has 0 aliphatic heterocycles. The van der Waals surface area contributed by atoms with Gasteiger partial charge in [0.25, 0.3) is 0 Å². The average Bonchev–Trinajstić information content (AvgIpc) is 2.15. The van der Waals surface area contributed by atoms with E-state index in [0.717, 1.165) is 5.01 Å².